The number of fused-ring (bicyclic) bond motifs is 1. The highest BCUT2D eigenvalue weighted by atomic mass is 16.6. The van der Waals surface area contributed by atoms with Crippen molar-refractivity contribution in [1.82, 2.24) is 25.1 Å². The normalized spacial score (nSPS) is 21.2. The number of nitrogens with one attached hydrogen (secondary N) is 1. The number of aromatic nitrogens is 4. The summed E-state index contributed by atoms with van der Waals surface area (Å²) in [6.45, 7) is 6.41. The second-order valence-electron chi connectivity index (χ2n) is 7.70. The summed E-state index contributed by atoms with van der Waals surface area (Å²) in [6, 6.07) is 0.179. The molecule has 8 nitrogen and oxygen atoms in total. The molecule has 0 atom stereocenters. The maximum absolute atomic E-state index is 11.9. The van der Waals surface area contributed by atoms with Crippen molar-refractivity contribution in [3.8, 4) is 0 Å². The third kappa shape index (κ3) is 4.58. The number of rotatable bonds is 3. The predicted molar refractivity (Wildman–Crippen MR) is 94.9 cm³/mol. The first-order valence-electron chi connectivity index (χ1n) is 8.74. The quantitative estimate of drug-likeness (QED) is 0.884. The molecule has 25 heavy (non-hydrogen) atoms. The van der Waals surface area contributed by atoms with E-state index in [-0.39, 0.29) is 18.1 Å². The van der Waals surface area contributed by atoms with Crippen LogP contribution in [0.25, 0.3) is 11.0 Å². The summed E-state index contributed by atoms with van der Waals surface area (Å²) < 4.78 is 7.22. The number of hydrogen-bond donors (Lipinski definition) is 2. The average molecular weight is 346 g/mol. The molecule has 0 bridgehead atoms. The molecule has 0 spiro atoms. The lowest BCUT2D eigenvalue weighted by Gasteiger charge is -2.30. The molecule has 0 saturated heterocycles. The maximum atomic E-state index is 11.9. The summed E-state index contributed by atoms with van der Waals surface area (Å²) in [6.07, 6.45) is 7.08. The van der Waals surface area contributed by atoms with Gasteiger partial charge < -0.3 is 15.8 Å². The van der Waals surface area contributed by atoms with Crippen LogP contribution >= 0.6 is 0 Å². The summed E-state index contributed by atoms with van der Waals surface area (Å²) >= 11 is 0. The fourth-order valence-corrected chi connectivity index (χ4v) is 3.22. The van der Waals surface area contributed by atoms with Crippen molar-refractivity contribution in [3.05, 3.63) is 12.4 Å². The van der Waals surface area contributed by atoms with Crippen molar-refractivity contribution in [2.75, 3.05) is 5.73 Å². The molecule has 8 heteroatoms. The molecule has 1 saturated carbocycles. The number of anilines is 1. The topological polar surface area (TPSA) is 108 Å². The second kappa shape index (κ2) is 6.85. The molecular formula is C17H26N6O2. The summed E-state index contributed by atoms with van der Waals surface area (Å²) in [5, 5.41) is 8.28. The van der Waals surface area contributed by atoms with Crippen LogP contribution < -0.4 is 11.1 Å². The SMILES string of the molecule is CC(C)(C)OC(=O)N[C@H]1CC[C@@H](Cn2ncc3cnc(N)nc32)CC1. The Morgan fingerprint density at radius 1 is 1.32 bits per heavy atom. The van der Waals surface area contributed by atoms with Crippen LogP contribution in [0.2, 0.25) is 0 Å². The van der Waals surface area contributed by atoms with Gasteiger partial charge >= 0.3 is 6.09 Å². The van der Waals surface area contributed by atoms with E-state index in [0.29, 0.717) is 5.92 Å². The monoisotopic (exact) mass is 346 g/mol. The molecule has 0 radical (unpaired) electrons. The Morgan fingerprint density at radius 2 is 2.04 bits per heavy atom. The van der Waals surface area contributed by atoms with Crippen molar-refractivity contribution in [2.45, 2.75) is 64.6 Å². The molecule has 1 amide bonds. The fourth-order valence-electron chi connectivity index (χ4n) is 3.22. The van der Waals surface area contributed by atoms with Crippen LogP contribution in [0.15, 0.2) is 12.4 Å². The number of hydrogen-bond acceptors (Lipinski definition) is 6. The lowest BCUT2D eigenvalue weighted by atomic mass is 9.86. The van der Waals surface area contributed by atoms with E-state index >= 15 is 0 Å². The highest BCUT2D eigenvalue weighted by Gasteiger charge is 2.25. The molecular weight excluding hydrogens is 320 g/mol. The van der Waals surface area contributed by atoms with E-state index in [9.17, 15) is 4.79 Å². The molecule has 0 unspecified atom stereocenters. The van der Waals surface area contributed by atoms with Gasteiger partial charge in [0.25, 0.3) is 0 Å². The molecule has 0 aliphatic heterocycles. The van der Waals surface area contributed by atoms with Crippen LogP contribution in [0.4, 0.5) is 10.7 Å². The van der Waals surface area contributed by atoms with Gasteiger partial charge in [-0.15, -0.1) is 0 Å². The lowest BCUT2D eigenvalue weighted by Crippen LogP contribution is -2.41. The van der Waals surface area contributed by atoms with Gasteiger partial charge in [0.2, 0.25) is 5.95 Å². The summed E-state index contributed by atoms with van der Waals surface area (Å²) in [7, 11) is 0. The van der Waals surface area contributed by atoms with Gasteiger partial charge in [-0.2, -0.15) is 10.1 Å². The fraction of sp³-hybridized carbons (Fsp3) is 0.647. The van der Waals surface area contributed by atoms with E-state index in [1.54, 1.807) is 12.4 Å². The number of carbonyl (C=O) groups is 1. The molecule has 2 aromatic heterocycles. The minimum atomic E-state index is -0.466. The van der Waals surface area contributed by atoms with E-state index in [4.69, 9.17) is 10.5 Å². The smallest absolute Gasteiger partial charge is 0.407 e. The first-order valence-corrected chi connectivity index (χ1v) is 8.74. The Kier molecular flexibility index (Phi) is 4.78. The number of alkyl carbamates (subject to hydrolysis) is 1. The van der Waals surface area contributed by atoms with Crippen molar-refractivity contribution in [1.29, 1.82) is 0 Å². The van der Waals surface area contributed by atoms with Gasteiger partial charge in [-0.1, -0.05) is 0 Å². The van der Waals surface area contributed by atoms with Gasteiger partial charge in [-0.3, -0.25) is 0 Å². The number of nitrogen functional groups attached to an aromatic ring is 1. The van der Waals surface area contributed by atoms with Crippen molar-refractivity contribution < 1.29 is 9.53 Å². The van der Waals surface area contributed by atoms with E-state index in [1.165, 1.54) is 0 Å². The Bertz CT molecular complexity index is 743. The Labute approximate surface area is 147 Å². The van der Waals surface area contributed by atoms with Crippen LogP contribution in [-0.2, 0) is 11.3 Å². The summed E-state index contributed by atoms with van der Waals surface area (Å²) in [5.41, 5.74) is 5.99. The Morgan fingerprint density at radius 3 is 2.72 bits per heavy atom. The van der Waals surface area contributed by atoms with E-state index < -0.39 is 5.60 Å². The molecule has 0 aromatic carbocycles. The second-order valence-corrected chi connectivity index (χ2v) is 7.70. The molecule has 1 aliphatic carbocycles. The molecule has 1 fully saturated rings. The number of carbonyl (C=O) groups excluding carboxylic acids is 1. The van der Waals surface area contributed by atoms with Gasteiger partial charge in [0.05, 0.1) is 11.6 Å². The van der Waals surface area contributed by atoms with Gasteiger partial charge in [0, 0.05) is 18.8 Å². The predicted octanol–water partition coefficient (Wildman–Crippen LogP) is 2.49. The zero-order valence-corrected chi connectivity index (χ0v) is 15.0. The first-order chi connectivity index (χ1) is 11.8. The zero-order valence-electron chi connectivity index (χ0n) is 15.0. The van der Waals surface area contributed by atoms with Gasteiger partial charge in [0.1, 0.15) is 5.60 Å². The van der Waals surface area contributed by atoms with Crippen LogP contribution in [0.1, 0.15) is 46.5 Å². The first kappa shape index (κ1) is 17.4. The van der Waals surface area contributed by atoms with Gasteiger partial charge in [-0.25, -0.2) is 14.5 Å². The van der Waals surface area contributed by atoms with Crippen LogP contribution in [-0.4, -0.2) is 37.5 Å². The molecule has 136 valence electrons. The Hall–Kier alpha value is -2.38. The third-order valence-corrected chi connectivity index (χ3v) is 4.39. The summed E-state index contributed by atoms with van der Waals surface area (Å²) in [5.74, 6) is 0.774. The highest BCUT2D eigenvalue weighted by molar-refractivity contribution is 5.74. The van der Waals surface area contributed by atoms with Crippen molar-refractivity contribution in [2.24, 2.45) is 5.92 Å². The van der Waals surface area contributed by atoms with Crippen LogP contribution in [0.5, 0.6) is 0 Å². The molecule has 2 heterocycles. The number of amides is 1. The molecule has 2 aromatic rings. The standard InChI is InChI=1S/C17H26N6O2/c1-17(2,3)25-16(24)21-13-6-4-11(5-7-13)10-23-14-12(9-20-23)8-19-15(18)22-14/h8-9,11,13H,4-7,10H2,1-3H3,(H,21,24)(H2,18,19,22)/t11-,13+. The largest absolute Gasteiger partial charge is 0.444 e. The summed E-state index contributed by atoms with van der Waals surface area (Å²) in [4.78, 5) is 20.1. The Balaban J connectivity index is 1.52. The third-order valence-electron chi connectivity index (χ3n) is 4.39. The highest BCUT2D eigenvalue weighted by Crippen LogP contribution is 2.27. The van der Waals surface area contributed by atoms with E-state index in [2.05, 4.69) is 20.4 Å². The average Bonchev–Trinajstić information content (AvgIpc) is 2.89. The molecule has 1 aliphatic rings. The zero-order chi connectivity index (χ0) is 18.0. The number of nitrogens with zero attached hydrogens (tertiary/aromatic N) is 4. The molecule has 3 rings (SSSR count). The van der Waals surface area contributed by atoms with Gasteiger partial charge in [0.15, 0.2) is 5.65 Å². The minimum Gasteiger partial charge on any atom is -0.444 e. The van der Waals surface area contributed by atoms with Crippen molar-refractivity contribution in [3.63, 3.8) is 0 Å². The van der Waals surface area contributed by atoms with E-state index in [1.807, 2.05) is 25.5 Å². The van der Waals surface area contributed by atoms with Crippen LogP contribution in [0.3, 0.4) is 0 Å². The van der Waals surface area contributed by atoms with Crippen molar-refractivity contribution >= 4 is 23.1 Å². The van der Waals surface area contributed by atoms with Crippen LogP contribution in [0, 0.1) is 5.92 Å². The number of nitrogens with two attached hydrogens (primary N) is 1. The lowest BCUT2D eigenvalue weighted by molar-refractivity contribution is 0.0486. The maximum Gasteiger partial charge on any atom is 0.407 e. The van der Waals surface area contributed by atoms with Gasteiger partial charge in [-0.05, 0) is 52.4 Å². The minimum absolute atomic E-state index is 0.179. The number of ether oxygens (including phenoxy) is 1. The molecule has 3 N–H and O–H groups in total. The van der Waals surface area contributed by atoms with E-state index in [0.717, 1.165) is 43.3 Å².